The zero-order valence-electron chi connectivity index (χ0n) is 16.8. The normalized spacial score (nSPS) is 9.81. The Morgan fingerprint density at radius 3 is 0.742 bits per heavy atom. The molecule has 4 aromatic rings. The molecular weight excluding hydrogens is 468 g/mol. The molecular formula is C26H20O4Zr. The van der Waals surface area contributed by atoms with E-state index < -0.39 is 0 Å². The van der Waals surface area contributed by atoms with Gasteiger partial charge in [0, 0.05) is 0 Å². The molecule has 0 N–H and O–H groups in total. The van der Waals surface area contributed by atoms with Gasteiger partial charge in [-0.05, 0) is 12.8 Å². The zero-order valence-corrected chi connectivity index (χ0v) is 19.2. The molecule has 0 aliphatic heterocycles. The van der Waals surface area contributed by atoms with Crippen molar-refractivity contribution in [2.75, 3.05) is 0 Å². The van der Waals surface area contributed by atoms with Crippen molar-refractivity contribution in [3.8, 4) is 23.0 Å². The molecule has 0 bridgehead atoms. The summed E-state index contributed by atoms with van der Waals surface area (Å²) in [4.78, 5) is 0. The minimum Gasteiger partial charge on any atom is -0.872 e. The predicted molar refractivity (Wildman–Crippen MR) is 109 cm³/mol. The van der Waals surface area contributed by atoms with E-state index >= 15 is 0 Å². The first kappa shape index (κ1) is 24.2. The smallest absolute Gasteiger partial charge is 0.872 e. The average molecular weight is 488 g/mol. The molecule has 4 aromatic carbocycles. The Kier molecular flexibility index (Phi) is 9.36. The first-order valence-corrected chi connectivity index (χ1v) is 9.54. The molecule has 0 saturated carbocycles. The second-order valence-corrected chi connectivity index (χ2v) is 6.78. The van der Waals surface area contributed by atoms with Crippen LogP contribution in [0.2, 0.25) is 0 Å². The topological polar surface area (TPSA) is 92.2 Å². The van der Waals surface area contributed by atoms with Gasteiger partial charge in [-0.1, -0.05) is 119 Å². The Balaban J connectivity index is 0.000000213. The van der Waals surface area contributed by atoms with E-state index in [1.807, 2.05) is 24.3 Å². The van der Waals surface area contributed by atoms with Gasteiger partial charge in [-0.3, -0.25) is 0 Å². The molecule has 0 atom stereocenters. The predicted octanol–water partition coefficient (Wildman–Crippen LogP) is 2.85. The van der Waals surface area contributed by atoms with Crippen LogP contribution in [-0.4, -0.2) is 0 Å². The summed E-state index contributed by atoms with van der Waals surface area (Å²) in [6, 6.07) is 27.2. The van der Waals surface area contributed by atoms with Gasteiger partial charge in [0.1, 0.15) is 0 Å². The van der Waals surface area contributed by atoms with Crippen molar-refractivity contribution in [3.05, 3.63) is 119 Å². The maximum absolute atomic E-state index is 11.4. The molecule has 152 valence electrons. The van der Waals surface area contributed by atoms with Gasteiger partial charge in [0.25, 0.3) is 0 Å². The number of benzene rings is 4. The first-order valence-electron chi connectivity index (χ1n) is 9.54. The van der Waals surface area contributed by atoms with Gasteiger partial charge < -0.3 is 20.4 Å². The van der Waals surface area contributed by atoms with Crippen LogP contribution >= 0.6 is 0 Å². The Morgan fingerprint density at radius 1 is 0.355 bits per heavy atom. The van der Waals surface area contributed by atoms with E-state index in [0.717, 1.165) is 0 Å². The number of rotatable bonds is 4. The minimum atomic E-state index is -0.0132. The maximum Gasteiger partial charge on any atom is 4.00 e. The van der Waals surface area contributed by atoms with E-state index in [4.69, 9.17) is 0 Å². The summed E-state index contributed by atoms with van der Waals surface area (Å²) in [7, 11) is 0. The second kappa shape index (κ2) is 12.0. The molecule has 5 heteroatoms. The van der Waals surface area contributed by atoms with Crippen molar-refractivity contribution in [2.45, 2.75) is 12.8 Å². The Labute approximate surface area is 201 Å². The van der Waals surface area contributed by atoms with E-state index in [9.17, 15) is 20.4 Å². The van der Waals surface area contributed by atoms with Gasteiger partial charge in [0.15, 0.2) is 0 Å². The third kappa shape index (κ3) is 7.01. The average Bonchev–Trinajstić information content (AvgIpc) is 2.75. The fraction of sp³-hybridized carbons (Fsp3) is 0.0769. The maximum atomic E-state index is 11.4. The van der Waals surface area contributed by atoms with Crippen LogP contribution in [0.3, 0.4) is 0 Å². The number of hydrogen-bond acceptors (Lipinski definition) is 4. The van der Waals surface area contributed by atoms with Crippen molar-refractivity contribution in [3.63, 3.8) is 0 Å². The molecule has 4 rings (SSSR count). The van der Waals surface area contributed by atoms with Crippen molar-refractivity contribution < 1.29 is 46.6 Å². The second-order valence-electron chi connectivity index (χ2n) is 6.78. The van der Waals surface area contributed by atoms with Crippen LogP contribution < -0.4 is 20.4 Å². The standard InChI is InChI=1S/2C13H12O2.Zr/c2*14-12-7-3-1-5-10(12)9-11-6-2-4-8-13(11)15;/h2*1-8,14-15H,9H2;/q;;+4/p-4. The van der Waals surface area contributed by atoms with E-state index in [1.165, 1.54) is 24.3 Å². The van der Waals surface area contributed by atoms with Gasteiger partial charge in [0.2, 0.25) is 0 Å². The van der Waals surface area contributed by atoms with Crippen molar-refractivity contribution in [1.82, 2.24) is 0 Å². The van der Waals surface area contributed by atoms with Crippen LogP contribution in [0.25, 0.3) is 0 Å². The minimum absolute atomic E-state index is 0. The fourth-order valence-corrected chi connectivity index (χ4v) is 3.01. The molecule has 0 radical (unpaired) electrons. The van der Waals surface area contributed by atoms with E-state index in [0.29, 0.717) is 35.1 Å². The van der Waals surface area contributed by atoms with Crippen LogP contribution in [0.4, 0.5) is 0 Å². The number of para-hydroxylation sites is 4. The molecule has 0 aliphatic carbocycles. The summed E-state index contributed by atoms with van der Waals surface area (Å²) in [5, 5.41) is 45.7. The summed E-state index contributed by atoms with van der Waals surface area (Å²) < 4.78 is 0. The Hall–Kier alpha value is -3.04. The van der Waals surface area contributed by atoms with E-state index in [-0.39, 0.29) is 49.2 Å². The summed E-state index contributed by atoms with van der Waals surface area (Å²) in [6.45, 7) is 0. The van der Waals surface area contributed by atoms with Crippen LogP contribution in [0.1, 0.15) is 22.3 Å². The van der Waals surface area contributed by atoms with E-state index in [2.05, 4.69) is 0 Å². The summed E-state index contributed by atoms with van der Waals surface area (Å²) in [6.07, 6.45) is 0.832. The van der Waals surface area contributed by atoms with Crippen molar-refractivity contribution in [2.24, 2.45) is 0 Å². The summed E-state index contributed by atoms with van der Waals surface area (Å²) in [5.74, 6) is -0.0528. The van der Waals surface area contributed by atoms with Gasteiger partial charge in [-0.2, -0.15) is 0 Å². The molecule has 0 heterocycles. The summed E-state index contributed by atoms with van der Waals surface area (Å²) >= 11 is 0. The fourth-order valence-electron chi connectivity index (χ4n) is 3.01. The molecule has 0 saturated heterocycles. The molecule has 0 aliphatic rings. The third-order valence-corrected chi connectivity index (χ3v) is 4.65. The van der Waals surface area contributed by atoms with Crippen LogP contribution in [0, 0.1) is 0 Å². The molecule has 0 fully saturated rings. The first-order chi connectivity index (χ1) is 14.5. The van der Waals surface area contributed by atoms with Gasteiger partial charge in [-0.15, -0.1) is 23.0 Å². The Morgan fingerprint density at radius 2 is 0.548 bits per heavy atom. The van der Waals surface area contributed by atoms with Crippen LogP contribution in [0.5, 0.6) is 23.0 Å². The monoisotopic (exact) mass is 486 g/mol. The molecule has 0 spiro atoms. The van der Waals surface area contributed by atoms with Crippen molar-refractivity contribution >= 4 is 0 Å². The van der Waals surface area contributed by atoms with Gasteiger partial charge in [-0.25, -0.2) is 0 Å². The number of hydrogen-bond donors (Lipinski definition) is 0. The molecule has 0 aromatic heterocycles. The SMILES string of the molecule is [O-]c1ccccc1Cc1ccccc1[O-].[O-]c1ccccc1Cc1ccccc1[O-].[Zr+4]. The molecule has 4 nitrogen and oxygen atoms in total. The molecule has 31 heavy (non-hydrogen) atoms. The van der Waals surface area contributed by atoms with Gasteiger partial charge in [0.05, 0.1) is 0 Å². The molecule has 0 amide bonds. The largest absolute Gasteiger partial charge is 4.00 e. The summed E-state index contributed by atoms with van der Waals surface area (Å²) in [5.41, 5.74) is 2.67. The van der Waals surface area contributed by atoms with Crippen LogP contribution in [0.15, 0.2) is 97.1 Å². The quantitative estimate of drug-likeness (QED) is 0.443. The van der Waals surface area contributed by atoms with Crippen molar-refractivity contribution in [1.29, 1.82) is 0 Å². The van der Waals surface area contributed by atoms with Crippen LogP contribution in [-0.2, 0) is 39.0 Å². The third-order valence-electron chi connectivity index (χ3n) is 4.65. The van der Waals surface area contributed by atoms with Gasteiger partial charge >= 0.3 is 26.2 Å². The Bertz CT molecular complexity index is 936. The zero-order chi connectivity index (χ0) is 21.3. The van der Waals surface area contributed by atoms with E-state index in [1.54, 1.807) is 48.5 Å². The molecule has 0 unspecified atom stereocenters.